The van der Waals surface area contributed by atoms with Crippen LogP contribution in [0.2, 0.25) is 5.02 Å². The molecule has 0 saturated carbocycles. The van der Waals surface area contributed by atoms with E-state index in [1.807, 2.05) is 24.3 Å². The molecule has 5 nitrogen and oxygen atoms in total. The predicted octanol–water partition coefficient (Wildman–Crippen LogP) is 4.69. The Hall–Kier alpha value is -2.66. The van der Waals surface area contributed by atoms with E-state index in [9.17, 15) is 4.79 Å². The molecule has 0 aliphatic rings. The van der Waals surface area contributed by atoms with Crippen LogP contribution in [0.3, 0.4) is 0 Å². The van der Waals surface area contributed by atoms with E-state index in [4.69, 9.17) is 16.0 Å². The first-order valence-electron chi connectivity index (χ1n) is 7.99. The molecule has 0 aliphatic carbocycles. The van der Waals surface area contributed by atoms with Crippen LogP contribution in [0.1, 0.15) is 30.9 Å². The Morgan fingerprint density at radius 1 is 1.08 bits per heavy atom. The molecule has 1 N–H and O–H groups in total. The molecule has 1 aromatic heterocycles. The van der Waals surface area contributed by atoms with Gasteiger partial charge in [-0.15, -0.1) is 5.10 Å². The van der Waals surface area contributed by atoms with Crippen molar-refractivity contribution in [1.82, 2.24) is 10.2 Å². The highest BCUT2D eigenvalue weighted by molar-refractivity contribution is 6.30. The van der Waals surface area contributed by atoms with E-state index in [2.05, 4.69) is 29.4 Å². The number of hydrogen-bond acceptors (Lipinski definition) is 4. The number of rotatable bonds is 5. The van der Waals surface area contributed by atoms with Gasteiger partial charge in [0.05, 0.1) is 6.42 Å². The molecule has 3 rings (SSSR count). The van der Waals surface area contributed by atoms with Crippen LogP contribution < -0.4 is 5.32 Å². The van der Waals surface area contributed by atoms with Gasteiger partial charge in [0.15, 0.2) is 0 Å². The van der Waals surface area contributed by atoms with Crippen LogP contribution in [0.4, 0.5) is 6.01 Å². The van der Waals surface area contributed by atoms with Gasteiger partial charge in [0.2, 0.25) is 11.8 Å². The van der Waals surface area contributed by atoms with Crippen LogP contribution in [0.5, 0.6) is 0 Å². The highest BCUT2D eigenvalue weighted by Gasteiger charge is 2.12. The summed E-state index contributed by atoms with van der Waals surface area (Å²) in [5.41, 5.74) is 2.91. The molecular weight excluding hydrogens is 338 g/mol. The lowest BCUT2D eigenvalue weighted by atomic mass is 10.0. The summed E-state index contributed by atoms with van der Waals surface area (Å²) in [4.78, 5) is 12.1. The quantitative estimate of drug-likeness (QED) is 0.720. The Labute approximate surface area is 151 Å². The molecule has 0 radical (unpaired) electrons. The maximum absolute atomic E-state index is 12.1. The first kappa shape index (κ1) is 17.2. The molecule has 0 fully saturated rings. The number of nitrogens with one attached hydrogen (secondary N) is 1. The van der Waals surface area contributed by atoms with Crippen LogP contribution in [-0.2, 0) is 11.2 Å². The zero-order chi connectivity index (χ0) is 17.8. The second kappa shape index (κ2) is 7.49. The number of aromatic nitrogens is 2. The fourth-order valence-corrected chi connectivity index (χ4v) is 2.48. The fraction of sp³-hybridized carbons (Fsp3) is 0.211. The Kier molecular flexibility index (Phi) is 5.14. The van der Waals surface area contributed by atoms with E-state index in [-0.39, 0.29) is 18.3 Å². The minimum Gasteiger partial charge on any atom is -0.403 e. The van der Waals surface area contributed by atoms with Crippen LogP contribution >= 0.6 is 11.6 Å². The van der Waals surface area contributed by atoms with Crippen molar-refractivity contribution in [3.63, 3.8) is 0 Å². The molecular formula is C19H18ClN3O2. The average Bonchev–Trinajstić information content (AvgIpc) is 3.04. The molecule has 0 unspecified atom stereocenters. The third kappa shape index (κ3) is 4.45. The van der Waals surface area contributed by atoms with E-state index in [1.54, 1.807) is 24.3 Å². The second-order valence-electron chi connectivity index (χ2n) is 6.04. The summed E-state index contributed by atoms with van der Waals surface area (Å²) >= 11 is 5.85. The maximum atomic E-state index is 12.1. The van der Waals surface area contributed by atoms with Gasteiger partial charge in [-0.25, -0.2) is 0 Å². The van der Waals surface area contributed by atoms with Crippen LogP contribution in [0, 0.1) is 0 Å². The Morgan fingerprint density at radius 3 is 2.40 bits per heavy atom. The molecule has 0 aliphatic heterocycles. The molecule has 0 saturated heterocycles. The molecule has 25 heavy (non-hydrogen) atoms. The highest BCUT2D eigenvalue weighted by atomic mass is 35.5. The first-order valence-corrected chi connectivity index (χ1v) is 8.37. The standard InChI is InChI=1S/C19H18ClN3O2/c1-12(2)14-5-3-13(4-6-14)11-17(24)21-19-23-22-18(25-19)15-7-9-16(20)10-8-15/h3-10,12H,11H2,1-2H3,(H,21,23,24). The number of carbonyl (C=O) groups excluding carboxylic acids is 1. The third-order valence-corrected chi connectivity index (χ3v) is 4.03. The summed E-state index contributed by atoms with van der Waals surface area (Å²) in [5.74, 6) is 0.587. The lowest BCUT2D eigenvalue weighted by Gasteiger charge is -2.06. The van der Waals surface area contributed by atoms with Gasteiger partial charge in [0.25, 0.3) is 0 Å². The van der Waals surface area contributed by atoms with Gasteiger partial charge >= 0.3 is 6.01 Å². The molecule has 0 spiro atoms. The number of amides is 1. The molecule has 2 aromatic carbocycles. The number of benzene rings is 2. The van der Waals surface area contributed by atoms with E-state index in [0.29, 0.717) is 16.8 Å². The number of carbonyl (C=O) groups is 1. The smallest absolute Gasteiger partial charge is 0.322 e. The summed E-state index contributed by atoms with van der Waals surface area (Å²) in [6, 6.07) is 15.1. The van der Waals surface area contributed by atoms with Gasteiger partial charge in [-0.2, -0.15) is 0 Å². The number of anilines is 1. The minimum atomic E-state index is -0.205. The number of hydrogen-bond donors (Lipinski definition) is 1. The lowest BCUT2D eigenvalue weighted by Crippen LogP contribution is -2.14. The summed E-state index contributed by atoms with van der Waals surface area (Å²) in [6.45, 7) is 4.27. The summed E-state index contributed by atoms with van der Waals surface area (Å²) in [7, 11) is 0. The van der Waals surface area contributed by atoms with Crippen molar-refractivity contribution >= 4 is 23.5 Å². The van der Waals surface area contributed by atoms with Crippen LogP contribution in [-0.4, -0.2) is 16.1 Å². The monoisotopic (exact) mass is 355 g/mol. The fourth-order valence-electron chi connectivity index (χ4n) is 2.35. The van der Waals surface area contributed by atoms with E-state index < -0.39 is 0 Å². The molecule has 1 heterocycles. The Bertz CT molecular complexity index is 855. The first-order chi connectivity index (χ1) is 12.0. The molecule has 1 amide bonds. The number of halogens is 1. The van der Waals surface area contributed by atoms with Crippen molar-refractivity contribution in [2.75, 3.05) is 5.32 Å². The van der Waals surface area contributed by atoms with Crippen molar-refractivity contribution in [3.05, 3.63) is 64.7 Å². The summed E-state index contributed by atoms with van der Waals surface area (Å²) < 4.78 is 5.47. The largest absolute Gasteiger partial charge is 0.403 e. The van der Waals surface area contributed by atoms with Crippen molar-refractivity contribution in [3.8, 4) is 11.5 Å². The molecule has 0 bridgehead atoms. The molecule has 3 aromatic rings. The van der Waals surface area contributed by atoms with Gasteiger partial charge < -0.3 is 4.42 Å². The summed E-state index contributed by atoms with van der Waals surface area (Å²) in [5, 5.41) is 11.0. The van der Waals surface area contributed by atoms with Crippen LogP contribution in [0.25, 0.3) is 11.5 Å². The SMILES string of the molecule is CC(C)c1ccc(CC(=O)Nc2nnc(-c3ccc(Cl)cc3)o2)cc1. The van der Waals surface area contributed by atoms with Crippen molar-refractivity contribution in [1.29, 1.82) is 0 Å². The van der Waals surface area contributed by atoms with Gasteiger partial charge in [-0.3, -0.25) is 10.1 Å². The predicted molar refractivity (Wildman–Crippen MR) is 97.6 cm³/mol. The molecule has 128 valence electrons. The zero-order valence-electron chi connectivity index (χ0n) is 14.0. The number of nitrogens with zero attached hydrogens (tertiary/aromatic N) is 2. The third-order valence-electron chi connectivity index (χ3n) is 3.77. The average molecular weight is 356 g/mol. The topological polar surface area (TPSA) is 68.0 Å². The van der Waals surface area contributed by atoms with Crippen molar-refractivity contribution in [2.45, 2.75) is 26.2 Å². The lowest BCUT2D eigenvalue weighted by molar-refractivity contribution is -0.115. The minimum absolute atomic E-state index is 0.0775. The zero-order valence-corrected chi connectivity index (χ0v) is 14.7. The summed E-state index contributed by atoms with van der Waals surface area (Å²) in [6.07, 6.45) is 0.247. The maximum Gasteiger partial charge on any atom is 0.322 e. The normalized spacial score (nSPS) is 10.9. The Morgan fingerprint density at radius 2 is 1.76 bits per heavy atom. The molecule has 6 heteroatoms. The van der Waals surface area contributed by atoms with Crippen molar-refractivity contribution in [2.24, 2.45) is 0 Å². The van der Waals surface area contributed by atoms with Crippen molar-refractivity contribution < 1.29 is 9.21 Å². The van der Waals surface area contributed by atoms with E-state index in [0.717, 1.165) is 11.1 Å². The van der Waals surface area contributed by atoms with Gasteiger partial charge in [0.1, 0.15) is 0 Å². The van der Waals surface area contributed by atoms with E-state index >= 15 is 0 Å². The van der Waals surface area contributed by atoms with E-state index in [1.165, 1.54) is 5.56 Å². The van der Waals surface area contributed by atoms with Crippen LogP contribution in [0.15, 0.2) is 52.9 Å². The second-order valence-corrected chi connectivity index (χ2v) is 6.48. The van der Waals surface area contributed by atoms with Gasteiger partial charge in [-0.05, 0) is 41.3 Å². The highest BCUT2D eigenvalue weighted by Crippen LogP contribution is 2.22. The van der Waals surface area contributed by atoms with Gasteiger partial charge in [0, 0.05) is 10.6 Å². The van der Waals surface area contributed by atoms with Gasteiger partial charge in [-0.1, -0.05) is 54.8 Å². The molecule has 0 atom stereocenters. The Balaban J connectivity index is 1.62.